The number of nitrogens with zero attached hydrogens (tertiary/aromatic N) is 3. The zero-order valence-corrected chi connectivity index (χ0v) is 56.3. The summed E-state index contributed by atoms with van der Waals surface area (Å²) in [4.78, 5) is 14.3. The van der Waals surface area contributed by atoms with Crippen molar-refractivity contribution in [2.24, 2.45) is 0 Å². The molecule has 88 heavy (non-hydrogen) atoms. The Hall–Kier alpha value is -7.18. The number of fused-ring (bicyclic) bond motifs is 9. The second-order valence-corrected chi connectivity index (χ2v) is 24.7. The minimum atomic E-state index is 0. The maximum atomic E-state index is 6.24. The van der Waals surface area contributed by atoms with Gasteiger partial charge in [-0.2, -0.15) is 0 Å². The molecule has 0 atom stereocenters. The first-order valence-electron chi connectivity index (χ1n) is 32.9. The largest absolute Gasteiger partial charge is 3.00 e. The van der Waals surface area contributed by atoms with E-state index in [-0.39, 0.29) is 20.1 Å². The van der Waals surface area contributed by atoms with Crippen LogP contribution in [0.1, 0.15) is 186 Å². The quantitative estimate of drug-likeness (QED) is 0.0443. The van der Waals surface area contributed by atoms with Crippen molar-refractivity contribution < 1.29 is 33.4 Å². The van der Waals surface area contributed by atoms with Gasteiger partial charge >= 0.3 is 20.1 Å². The minimum absolute atomic E-state index is 0. The number of furan rings is 3. The van der Waals surface area contributed by atoms with Crippen LogP contribution in [0.4, 0.5) is 0 Å². The van der Waals surface area contributed by atoms with Gasteiger partial charge in [-0.1, -0.05) is 242 Å². The van der Waals surface area contributed by atoms with Crippen LogP contribution in [0.25, 0.3) is 99.6 Å². The summed E-state index contributed by atoms with van der Waals surface area (Å²) < 4.78 is 18.7. The molecule has 0 N–H and O–H groups in total. The number of aryl methyl sites for hydroxylation is 9. The fourth-order valence-electron chi connectivity index (χ4n) is 12.4. The molecule has 0 saturated heterocycles. The van der Waals surface area contributed by atoms with Crippen LogP contribution >= 0.6 is 0 Å². The van der Waals surface area contributed by atoms with Crippen molar-refractivity contribution in [3.05, 3.63) is 196 Å². The van der Waals surface area contributed by atoms with E-state index in [4.69, 9.17) is 28.2 Å². The molecule has 7 heteroatoms. The summed E-state index contributed by atoms with van der Waals surface area (Å²) in [7, 11) is 0. The van der Waals surface area contributed by atoms with E-state index in [9.17, 15) is 0 Å². The van der Waals surface area contributed by atoms with Crippen molar-refractivity contribution in [1.82, 2.24) is 15.0 Å². The van der Waals surface area contributed by atoms with Gasteiger partial charge in [-0.3, -0.25) is 0 Å². The molecule has 0 spiro atoms. The summed E-state index contributed by atoms with van der Waals surface area (Å²) >= 11 is 0. The molecule has 0 fully saturated rings. The maximum absolute atomic E-state index is 6.24. The van der Waals surface area contributed by atoms with Gasteiger partial charge in [-0.15, -0.1) is 53.1 Å². The zero-order chi connectivity index (χ0) is 60.7. The maximum Gasteiger partial charge on any atom is 3.00 e. The van der Waals surface area contributed by atoms with E-state index in [1.54, 1.807) is 0 Å². The fourth-order valence-corrected chi connectivity index (χ4v) is 12.4. The molecule has 0 aliphatic rings. The summed E-state index contributed by atoms with van der Waals surface area (Å²) in [6.45, 7) is 19.5. The molecule has 0 radical (unpaired) electrons. The first-order chi connectivity index (χ1) is 42.5. The van der Waals surface area contributed by atoms with Crippen molar-refractivity contribution in [3.63, 3.8) is 0 Å². The summed E-state index contributed by atoms with van der Waals surface area (Å²) in [5.41, 5.74) is 22.3. The van der Waals surface area contributed by atoms with E-state index < -0.39 is 0 Å². The van der Waals surface area contributed by atoms with E-state index in [0.717, 1.165) is 86.5 Å². The van der Waals surface area contributed by atoms with Crippen LogP contribution in [-0.4, -0.2) is 15.0 Å². The SMILES string of the molecule is CCCCCCCCc1ccc(-c2[c-]cc(C)c3c2oc2ccc(C)cc23)nc1.CCCCCCCCc1ccc(-c2[c-]cc(C)c3c2oc2ccc(C)cc23)nc1.CCCCCCCCc1ccc(-c2[c-]cc(C)c3c2oc2ccc(C)cc23)nc1.[Ir+3]. The van der Waals surface area contributed by atoms with Gasteiger partial charge in [0.1, 0.15) is 16.7 Å². The Morgan fingerprint density at radius 2 is 0.602 bits per heavy atom. The molecule has 12 aromatic rings. The van der Waals surface area contributed by atoms with Crippen LogP contribution in [0, 0.1) is 59.7 Å². The Bertz CT molecular complexity index is 3750. The van der Waals surface area contributed by atoms with Crippen LogP contribution in [0.5, 0.6) is 0 Å². The van der Waals surface area contributed by atoms with Crippen molar-refractivity contribution in [2.75, 3.05) is 0 Å². The van der Waals surface area contributed by atoms with Gasteiger partial charge in [-0.05, 0) is 129 Å². The number of aromatic nitrogens is 3. The monoisotopic (exact) mass is 1350 g/mol. The molecular formula is C81H90IrN3O3. The first-order valence-corrected chi connectivity index (χ1v) is 32.9. The van der Waals surface area contributed by atoms with Gasteiger partial charge in [0.25, 0.3) is 0 Å². The van der Waals surface area contributed by atoms with Gasteiger partial charge in [0.15, 0.2) is 0 Å². The number of benzene rings is 6. The molecule has 0 aliphatic carbocycles. The standard InChI is InChI=1S/3C27H30NO.Ir/c3*1-4-5-6-7-8-9-10-21-13-15-24(28-18-21)22-14-12-20(3)26-23-17-19(2)11-16-25(23)29-27(22)26;/h3*11-13,15-18H,4-10H2,1-3H3;/q3*-1;+3. The fraction of sp³-hybridized carbons (Fsp3) is 0.370. The number of unbranched alkanes of at least 4 members (excludes halogenated alkanes) is 15. The van der Waals surface area contributed by atoms with Crippen LogP contribution in [-0.2, 0) is 39.4 Å². The molecule has 0 amide bonds. The Kier molecular flexibility index (Phi) is 23.6. The first kappa shape index (κ1) is 65.3. The summed E-state index contributed by atoms with van der Waals surface area (Å²) in [5, 5.41) is 7.05. The van der Waals surface area contributed by atoms with Crippen LogP contribution in [0.2, 0.25) is 0 Å². The molecule has 6 nitrogen and oxygen atoms in total. The van der Waals surface area contributed by atoms with E-state index in [2.05, 4.69) is 190 Å². The van der Waals surface area contributed by atoms with Crippen molar-refractivity contribution >= 4 is 65.8 Å². The number of rotatable bonds is 24. The van der Waals surface area contributed by atoms with Crippen LogP contribution in [0.3, 0.4) is 0 Å². The summed E-state index contributed by atoms with van der Waals surface area (Å²) in [5.74, 6) is 0. The van der Waals surface area contributed by atoms with E-state index in [1.807, 2.05) is 18.6 Å². The zero-order valence-electron chi connectivity index (χ0n) is 53.9. The third kappa shape index (κ3) is 16.0. The predicted molar refractivity (Wildman–Crippen MR) is 367 cm³/mol. The Labute approximate surface area is 537 Å². The van der Waals surface area contributed by atoms with Gasteiger partial charge in [0, 0.05) is 34.7 Å². The Morgan fingerprint density at radius 1 is 0.330 bits per heavy atom. The molecule has 6 aromatic carbocycles. The van der Waals surface area contributed by atoms with Gasteiger partial charge in [-0.25, -0.2) is 0 Å². The third-order valence-electron chi connectivity index (χ3n) is 17.4. The molecule has 0 aliphatic heterocycles. The minimum Gasteiger partial charge on any atom is -0.501 e. The van der Waals surface area contributed by atoms with Gasteiger partial charge < -0.3 is 28.2 Å². The molecule has 6 heterocycles. The third-order valence-corrected chi connectivity index (χ3v) is 17.4. The number of hydrogen-bond acceptors (Lipinski definition) is 6. The van der Waals surface area contributed by atoms with E-state index in [0.29, 0.717) is 0 Å². The molecule has 0 bridgehead atoms. The average Bonchev–Trinajstić information content (AvgIpc) is 2.18. The van der Waals surface area contributed by atoms with Gasteiger partial charge in [0.05, 0.1) is 16.7 Å². The molecular weight excluding hydrogens is 1260 g/mol. The second kappa shape index (κ2) is 31.8. The normalized spacial score (nSPS) is 11.4. The van der Waals surface area contributed by atoms with Gasteiger partial charge in [0.2, 0.25) is 0 Å². The predicted octanol–water partition coefficient (Wildman–Crippen LogP) is 23.9. The summed E-state index contributed by atoms with van der Waals surface area (Å²) in [6, 6.07) is 48.4. The smallest absolute Gasteiger partial charge is 0.501 e. The van der Waals surface area contributed by atoms with Crippen molar-refractivity contribution in [1.29, 1.82) is 0 Å². The Morgan fingerprint density at radius 3 is 0.864 bits per heavy atom. The van der Waals surface area contributed by atoms with Crippen LogP contribution in [0.15, 0.2) is 141 Å². The van der Waals surface area contributed by atoms with E-state index in [1.165, 1.54) is 198 Å². The molecule has 6 aromatic heterocycles. The topological polar surface area (TPSA) is 78.1 Å². The average molecular weight is 1350 g/mol. The number of pyridine rings is 3. The Balaban J connectivity index is 0.000000156. The molecule has 0 saturated carbocycles. The van der Waals surface area contributed by atoms with E-state index >= 15 is 0 Å². The second-order valence-electron chi connectivity index (χ2n) is 24.7. The summed E-state index contributed by atoms with van der Waals surface area (Å²) in [6.07, 6.45) is 33.2. The number of hydrogen-bond donors (Lipinski definition) is 0. The molecule has 0 unspecified atom stereocenters. The molecule has 456 valence electrons. The van der Waals surface area contributed by atoms with Crippen LogP contribution < -0.4 is 0 Å². The molecule has 12 rings (SSSR count). The van der Waals surface area contributed by atoms with Crippen molar-refractivity contribution in [3.8, 4) is 33.8 Å². The van der Waals surface area contributed by atoms with Crippen molar-refractivity contribution in [2.45, 2.75) is 197 Å².